The lowest BCUT2D eigenvalue weighted by molar-refractivity contribution is -0.123. The van der Waals surface area contributed by atoms with Gasteiger partial charge in [-0.3, -0.25) is 14.5 Å². The number of hydrogen-bond acceptors (Lipinski definition) is 6. The van der Waals surface area contributed by atoms with Crippen LogP contribution in [0.2, 0.25) is 5.02 Å². The third-order valence-corrected chi connectivity index (χ3v) is 5.36. The fourth-order valence-electron chi connectivity index (χ4n) is 2.94. The summed E-state index contributed by atoms with van der Waals surface area (Å²) >= 11 is 7.20. The standard InChI is InChI=1S/C20H15ClFN3O4S/c1-28-16-4-2-11(6-13(16)22)14-10-30-20(23-14)24-18(26)8-25-15-7-12(21)3-5-17(15)29-9-19(25)27/h2-7,10H,8-9H2,1H3,(H,23,24,26). The number of hydrogen-bond donors (Lipinski definition) is 1. The number of carbonyl (C=O) groups is 2. The summed E-state index contributed by atoms with van der Waals surface area (Å²) in [4.78, 5) is 30.4. The van der Waals surface area contributed by atoms with Crippen molar-refractivity contribution in [1.29, 1.82) is 0 Å². The smallest absolute Gasteiger partial charge is 0.265 e. The van der Waals surface area contributed by atoms with Crippen molar-refractivity contribution in [2.75, 3.05) is 30.5 Å². The van der Waals surface area contributed by atoms with Gasteiger partial charge in [-0.25, -0.2) is 9.37 Å². The molecule has 30 heavy (non-hydrogen) atoms. The van der Waals surface area contributed by atoms with Gasteiger partial charge < -0.3 is 14.8 Å². The van der Waals surface area contributed by atoms with Crippen LogP contribution in [0.15, 0.2) is 41.8 Å². The van der Waals surface area contributed by atoms with Crippen molar-refractivity contribution in [3.63, 3.8) is 0 Å². The zero-order chi connectivity index (χ0) is 21.3. The highest BCUT2D eigenvalue weighted by molar-refractivity contribution is 7.14. The molecule has 7 nitrogen and oxygen atoms in total. The van der Waals surface area contributed by atoms with E-state index in [9.17, 15) is 14.0 Å². The van der Waals surface area contributed by atoms with Crippen molar-refractivity contribution < 1.29 is 23.5 Å². The van der Waals surface area contributed by atoms with Gasteiger partial charge in [0.1, 0.15) is 12.3 Å². The molecule has 1 N–H and O–H groups in total. The Morgan fingerprint density at radius 2 is 2.20 bits per heavy atom. The van der Waals surface area contributed by atoms with Crippen LogP contribution in [0.1, 0.15) is 0 Å². The van der Waals surface area contributed by atoms with E-state index < -0.39 is 11.7 Å². The van der Waals surface area contributed by atoms with Crippen molar-refractivity contribution >= 4 is 45.6 Å². The van der Waals surface area contributed by atoms with Gasteiger partial charge in [0.05, 0.1) is 18.5 Å². The molecule has 4 rings (SSSR count). The van der Waals surface area contributed by atoms with Crippen LogP contribution in [-0.4, -0.2) is 37.1 Å². The predicted octanol–water partition coefficient (Wildman–Crippen LogP) is 3.98. The maximum Gasteiger partial charge on any atom is 0.265 e. The summed E-state index contributed by atoms with van der Waals surface area (Å²) < 4.78 is 24.2. The summed E-state index contributed by atoms with van der Waals surface area (Å²) in [5, 5.41) is 5.12. The van der Waals surface area contributed by atoms with E-state index in [0.29, 0.717) is 32.8 Å². The maximum atomic E-state index is 13.9. The number of anilines is 2. The molecule has 1 aliphatic rings. The van der Waals surface area contributed by atoms with Crippen molar-refractivity contribution in [3.8, 4) is 22.8 Å². The minimum absolute atomic E-state index is 0.137. The topological polar surface area (TPSA) is 80.8 Å². The Balaban J connectivity index is 1.47. The van der Waals surface area contributed by atoms with Gasteiger partial charge in [0.15, 0.2) is 23.3 Å². The van der Waals surface area contributed by atoms with Gasteiger partial charge in [-0.15, -0.1) is 11.3 Å². The van der Waals surface area contributed by atoms with Gasteiger partial charge in [-0.05, 0) is 36.4 Å². The highest BCUT2D eigenvalue weighted by atomic mass is 35.5. The molecule has 2 amide bonds. The molecule has 0 atom stereocenters. The number of aromatic nitrogens is 1. The Morgan fingerprint density at radius 3 is 2.97 bits per heavy atom. The monoisotopic (exact) mass is 447 g/mol. The van der Waals surface area contributed by atoms with Crippen LogP contribution in [-0.2, 0) is 9.59 Å². The molecule has 0 unspecified atom stereocenters. The van der Waals surface area contributed by atoms with Gasteiger partial charge in [0.2, 0.25) is 5.91 Å². The third kappa shape index (κ3) is 4.07. The van der Waals surface area contributed by atoms with Gasteiger partial charge in [-0.2, -0.15) is 0 Å². The number of fused-ring (bicyclic) bond motifs is 1. The Labute approximate surface area is 180 Å². The number of benzene rings is 2. The lowest BCUT2D eigenvalue weighted by Gasteiger charge is -2.28. The van der Waals surface area contributed by atoms with E-state index in [2.05, 4.69) is 10.3 Å². The number of nitrogens with zero attached hydrogens (tertiary/aromatic N) is 2. The SMILES string of the molecule is COc1ccc(-c2csc(NC(=O)CN3C(=O)COc4ccc(Cl)cc43)n2)cc1F. The van der Waals surface area contributed by atoms with Crippen LogP contribution in [0.3, 0.4) is 0 Å². The third-order valence-electron chi connectivity index (χ3n) is 4.36. The molecule has 0 saturated carbocycles. The number of amides is 2. The summed E-state index contributed by atoms with van der Waals surface area (Å²) in [6.45, 7) is -0.381. The molecule has 0 saturated heterocycles. The molecule has 0 fully saturated rings. The first-order chi connectivity index (χ1) is 14.4. The lowest BCUT2D eigenvalue weighted by atomic mass is 10.1. The minimum atomic E-state index is -0.503. The number of carbonyl (C=O) groups excluding carboxylic acids is 2. The highest BCUT2D eigenvalue weighted by Crippen LogP contribution is 2.34. The van der Waals surface area contributed by atoms with Gasteiger partial charge in [0, 0.05) is 16.0 Å². The van der Waals surface area contributed by atoms with E-state index in [1.807, 2.05) is 0 Å². The summed E-state index contributed by atoms with van der Waals surface area (Å²) in [6, 6.07) is 9.36. The Morgan fingerprint density at radius 1 is 1.37 bits per heavy atom. The largest absolute Gasteiger partial charge is 0.494 e. The van der Waals surface area contributed by atoms with E-state index in [4.69, 9.17) is 21.1 Å². The van der Waals surface area contributed by atoms with Crippen molar-refractivity contribution in [3.05, 3.63) is 52.6 Å². The fraction of sp³-hybridized carbons (Fsp3) is 0.150. The van der Waals surface area contributed by atoms with Crippen molar-refractivity contribution in [2.45, 2.75) is 0 Å². The van der Waals surface area contributed by atoms with Gasteiger partial charge in [0.25, 0.3) is 5.91 Å². The summed E-state index contributed by atoms with van der Waals surface area (Å²) in [5.41, 5.74) is 1.50. The molecule has 10 heteroatoms. The molecule has 1 aromatic heterocycles. The number of methoxy groups -OCH3 is 1. The second kappa shape index (κ2) is 8.29. The van der Waals surface area contributed by atoms with Crippen LogP contribution in [0.5, 0.6) is 11.5 Å². The first kappa shape index (κ1) is 20.1. The molecule has 1 aliphatic heterocycles. The van der Waals surface area contributed by atoms with Crippen LogP contribution in [0, 0.1) is 5.82 Å². The van der Waals surface area contributed by atoms with Crippen LogP contribution in [0.4, 0.5) is 15.2 Å². The maximum absolute atomic E-state index is 13.9. The average molecular weight is 448 g/mol. The molecular weight excluding hydrogens is 433 g/mol. The number of halogens is 2. The summed E-state index contributed by atoms with van der Waals surface area (Å²) in [7, 11) is 1.39. The van der Waals surface area contributed by atoms with Crippen LogP contribution >= 0.6 is 22.9 Å². The fourth-order valence-corrected chi connectivity index (χ4v) is 3.84. The van der Waals surface area contributed by atoms with Gasteiger partial charge in [-0.1, -0.05) is 11.6 Å². The lowest BCUT2D eigenvalue weighted by Crippen LogP contribution is -2.43. The average Bonchev–Trinajstić information content (AvgIpc) is 3.18. The molecule has 3 aromatic rings. The molecule has 0 spiro atoms. The molecule has 0 aliphatic carbocycles. The first-order valence-corrected chi connectivity index (χ1v) is 10.0. The molecular formula is C20H15ClFN3O4S. The van der Waals surface area contributed by atoms with Gasteiger partial charge >= 0.3 is 0 Å². The molecule has 2 heterocycles. The summed E-state index contributed by atoms with van der Waals surface area (Å²) in [6.07, 6.45) is 0. The molecule has 154 valence electrons. The summed E-state index contributed by atoms with van der Waals surface area (Å²) in [5.74, 6) is -0.675. The highest BCUT2D eigenvalue weighted by Gasteiger charge is 2.27. The number of thiazole rings is 1. The van der Waals surface area contributed by atoms with Crippen molar-refractivity contribution in [2.24, 2.45) is 0 Å². The van der Waals surface area contributed by atoms with Crippen molar-refractivity contribution in [1.82, 2.24) is 4.98 Å². The Bertz CT molecular complexity index is 1140. The Kier molecular flexibility index (Phi) is 5.56. The zero-order valence-corrected chi connectivity index (χ0v) is 17.2. The molecule has 0 radical (unpaired) electrons. The predicted molar refractivity (Wildman–Crippen MR) is 112 cm³/mol. The number of ether oxygens (including phenoxy) is 2. The first-order valence-electron chi connectivity index (χ1n) is 8.76. The van der Waals surface area contributed by atoms with E-state index in [0.717, 1.165) is 0 Å². The minimum Gasteiger partial charge on any atom is -0.494 e. The number of nitrogens with one attached hydrogen (secondary N) is 1. The van der Waals surface area contributed by atoms with E-state index in [1.54, 1.807) is 29.6 Å². The second-order valence-corrected chi connectivity index (χ2v) is 7.61. The quantitative estimate of drug-likeness (QED) is 0.640. The second-order valence-electron chi connectivity index (χ2n) is 6.32. The normalized spacial score (nSPS) is 12.9. The Hall–Kier alpha value is -3.17. The van der Waals surface area contributed by atoms with E-state index in [-0.39, 0.29) is 24.8 Å². The van der Waals surface area contributed by atoms with E-state index >= 15 is 0 Å². The van der Waals surface area contributed by atoms with Crippen LogP contribution in [0.25, 0.3) is 11.3 Å². The van der Waals surface area contributed by atoms with E-state index in [1.165, 1.54) is 35.5 Å². The molecule has 0 bridgehead atoms. The zero-order valence-electron chi connectivity index (χ0n) is 15.6. The molecule has 2 aromatic carbocycles. The van der Waals surface area contributed by atoms with Crippen LogP contribution < -0.4 is 19.7 Å². The number of rotatable bonds is 5.